The minimum absolute atomic E-state index is 0.160. The third-order valence-electron chi connectivity index (χ3n) is 3.84. The van der Waals surface area contributed by atoms with Crippen LogP contribution in [-0.4, -0.2) is 13.1 Å². The van der Waals surface area contributed by atoms with Gasteiger partial charge in [-0.15, -0.1) is 0 Å². The average Bonchev–Trinajstić information content (AvgIpc) is 2.66. The van der Waals surface area contributed by atoms with E-state index in [2.05, 4.69) is 28.4 Å². The van der Waals surface area contributed by atoms with Crippen molar-refractivity contribution in [3.8, 4) is 0 Å². The standard InChI is InChI=1S/C17H19FN2/c1-13-7-8-15(18)11-14(13)12-20-10-4-9-19-16-5-2-3-6-17(16)20/h2-3,5-8,11,19H,4,9-10,12H2,1H3. The van der Waals surface area contributed by atoms with Gasteiger partial charge in [-0.25, -0.2) is 4.39 Å². The molecule has 0 spiro atoms. The van der Waals surface area contributed by atoms with Gasteiger partial charge in [0, 0.05) is 19.6 Å². The molecule has 0 aliphatic carbocycles. The summed E-state index contributed by atoms with van der Waals surface area (Å²) in [6, 6.07) is 13.4. The summed E-state index contributed by atoms with van der Waals surface area (Å²) in [5.41, 5.74) is 4.57. The molecule has 1 aliphatic rings. The van der Waals surface area contributed by atoms with Crippen LogP contribution in [0.5, 0.6) is 0 Å². The molecule has 0 bridgehead atoms. The van der Waals surface area contributed by atoms with Gasteiger partial charge in [0.15, 0.2) is 0 Å². The number of anilines is 2. The van der Waals surface area contributed by atoms with Crippen molar-refractivity contribution in [2.45, 2.75) is 19.9 Å². The molecule has 20 heavy (non-hydrogen) atoms. The maximum absolute atomic E-state index is 13.4. The third-order valence-corrected chi connectivity index (χ3v) is 3.84. The Morgan fingerprint density at radius 3 is 2.95 bits per heavy atom. The lowest BCUT2D eigenvalue weighted by Gasteiger charge is -2.25. The van der Waals surface area contributed by atoms with Crippen LogP contribution in [0.2, 0.25) is 0 Å². The predicted octanol–water partition coefficient (Wildman–Crippen LogP) is 3.96. The Hall–Kier alpha value is -2.03. The fourth-order valence-corrected chi connectivity index (χ4v) is 2.69. The first-order chi connectivity index (χ1) is 9.74. The molecular weight excluding hydrogens is 251 g/mol. The number of hydrogen-bond acceptors (Lipinski definition) is 2. The number of nitrogens with one attached hydrogen (secondary N) is 1. The lowest BCUT2D eigenvalue weighted by atomic mass is 10.1. The summed E-state index contributed by atoms with van der Waals surface area (Å²) in [6.07, 6.45) is 1.09. The number of rotatable bonds is 2. The van der Waals surface area contributed by atoms with E-state index >= 15 is 0 Å². The van der Waals surface area contributed by atoms with E-state index in [1.54, 1.807) is 6.07 Å². The van der Waals surface area contributed by atoms with Gasteiger partial charge in [0.1, 0.15) is 5.82 Å². The molecule has 0 atom stereocenters. The Kier molecular flexibility index (Phi) is 3.59. The van der Waals surface area contributed by atoms with Gasteiger partial charge in [0.05, 0.1) is 11.4 Å². The van der Waals surface area contributed by atoms with E-state index in [1.165, 1.54) is 17.4 Å². The van der Waals surface area contributed by atoms with Crippen LogP contribution in [0, 0.1) is 12.7 Å². The number of benzene rings is 2. The number of halogens is 1. The minimum atomic E-state index is -0.160. The topological polar surface area (TPSA) is 15.3 Å². The van der Waals surface area contributed by atoms with E-state index in [9.17, 15) is 4.39 Å². The van der Waals surface area contributed by atoms with Gasteiger partial charge in [0.25, 0.3) is 0 Å². The first-order valence-electron chi connectivity index (χ1n) is 7.07. The normalized spacial score (nSPS) is 14.4. The van der Waals surface area contributed by atoms with E-state index in [-0.39, 0.29) is 5.82 Å². The molecular formula is C17H19FN2. The molecule has 0 amide bonds. The molecule has 0 radical (unpaired) electrons. The molecule has 104 valence electrons. The molecule has 2 aromatic rings. The Labute approximate surface area is 119 Å². The van der Waals surface area contributed by atoms with Crippen molar-refractivity contribution in [3.63, 3.8) is 0 Å². The highest BCUT2D eigenvalue weighted by atomic mass is 19.1. The van der Waals surface area contributed by atoms with E-state index < -0.39 is 0 Å². The largest absolute Gasteiger partial charge is 0.383 e. The maximum atomic E-state index is 13.4. The molecule has 2 nitrogen and oxygen atoms in total. The summed E-state index contributed by atoms with van der Waals surface area (Å²) >= 11 is 0. The highest BCUT2D eigenvalue weighted by Gasteiger charge is 2.15. The molecule has 0 fully saturated rings. The van der Waals surface area contributed by atoms with Crippen LogP contribution in [0.25, 0.3) is 0 Å². The van der Waals surface area contributed by atoms with Crippen LogP contribution < -0.4 is 10.2 Å². The fourth-order valence-electron chi connectivity index (χ4n) is 2.69. The zero-order chi connectivity index (χ0) is 13.9. The number of nitrogens with zero attached hydrogens (tertiary/aromatic N) is 1. The van der Waals surface area contributed by atoms with Crippen molar-refractivity contribution in [1.82, 2.24) is 0 Å². The molecule has 3 rings (SSSR count). The van der Waals surface area contributed by atoms with Gasteiger partial charge in [0.2, 0.25) is 0 Å². The minimum Gasteiger partial charge on any atom is -0.383 e. The predicted molar refractivity (Wildman–Crippen MR) is 81.7 cm³/mol. The van der Waals surface area contributed by atoms with Crippen LogP contribution in [0.3, 0.4) is 0 Å². The number of aryl methyl sites for hydroxylation is 1. The third kappa shape index (κ3) is 2.62. The molecule has 1 N–H and O–H groups in total. The zero-order valence-electron chi connectivity index (χ0n) is 11.7. The summed E-state index contributed by atoms with van der Waals surface area (Å²) in [5.74, 6) is -0.160. The second kappa shape index (κ2) is 5.53. The molecule has 1 aliphatic heterocycles. The van der Waals surface area contributed by atoms with Gasteiger partial charge in [-0.3, -0.25) is 0 Å². The van der Waals surface area contributed by atoms with E-state index in [0.29, 0.717) is 0 Å². The van der Waals surface area contributed by atoms with Gasteiger partial charge in [-0.05, 0) is 48.7 Å². The Bertz CT molecular complexity index is 610. The number of para-hydroxylation sites is 2. The highest BCUT2D eigenvalue weighted by Crippen LogP contribution is 2.29. The summed E-state index contributed by atoms with van der Waals surface area (Å²) < 4.78 is 13.4. The number of fused-ring (bicyclic) bond motifs is 1. The van der Waals surface area contributed by atoms with Gasteiger partial charge in [-0.2, -0.15) is 0 Å². The lowest BCUT2D eigenvalue weighted by molar-refractivity contribution is 0.623. The van der Waals surface area contributed by atoms with Crippen molar-refractivity contribution in [2.75, 3.05) is 23.3 Å². The van der Waals surface area contributed by atoms with Crippen LogP contribution in [0.4, 0.5) is 15.8 Å². The van der Waals surface area contributed by atoms with E-state index in [1.807, 2.05) is 19.1 Å². The van der Waals surface area contributed by atoms with Crippen LogP contribution in [-0.2, 0) is 6.54 Å². The first-order valence-corrected chi connectivity index (χ1v) is 7.07. The average molecular weight is 270 g/mol. The quantitative estimate of drug-likeness (QED) is 0.888. The van der Waals surface area contributed by atoms with Crippen LogP contribution >= 0.6 is 0 Å². The van der Waals surface area contributed by atoms with Crippen molar-refractivity contribution in [3.05, 3.63) is 59.4 Å². The molecule has 0 aromatic heterocycles. The molecule has 2 aromatic carbocycles. The molecule has 0 saturated carbocycles. The smallest absolute Gasteiger partial charge is 0.123 e. The SMILES string of the molecule is Cc1ccc(F)cc1CN1CCCNc2ccccc21. The van der Waals surface area contributed by atoms with Gasteiger partial charge in [-0.1, -0.05) is 18.2 Å². The van der Waals surface area contributed by atoms with Crippen molar-refractivity contribution >= 4 is 11.4 Å². The summed E-state index contributed by atoms with van der Waals surface area (Å²) in [7, 11) is 0. The summed E-state index contributed by atoms with van der Waals surface area (Å²) in [5, 5.41) is 3.45. The monoisotopic (exact) mass is 270 g/mol. The van der Waals surface area contributed by atoms with Gasteiger partial charge < -0.3 is 10.2 Å². The van der Waals surface area contributed by atoms with Crippen molar-refractivity contribution in [1.29, 1.82) is 0 Å². The second-order valence-corrected chi connectivity index (χ2v) is 5.29. The molecule has 1 heterocycles. The van der Waals surface area contributed by atoms with Crippen molar-refractivity contribution in [2.24, 2.45) is 0 Å². The van der Waals surface area contributed by atoms with Crippen molar-refractivity contribution < 1.29 is 4.39 Å². The fraction of sp³-hybridized carbons (Fsp3) is 0.294. The second-order valence-electron chi connectivity index (χ2n) is 5.29. The lowest BCUT2D eigenvalue weighted by Crippen LogP contribution is -2.23. The highest BCUT2D eigenvalue weighted by molar-refractivity contribution is 5.70. The maximum Gasteiger partial charge on any atom is 0.123 e. The number of hydrogen-bond donors (Lipinski definition) is 1. The summed E-state index contributed by atoms with van der Waals surface area (Å²) in [4.78, 5) is 2.33. The molecule has 0 unspecified atom stereocenters. The Morgan fingerprint density at radius 1 is 1.20 bits per heavy atom. The molecule has 0 saturated heterocycles. The zero-order valence-corrected chi connectivity index (χ0v) is 11.7. The Balaban J connectivity index is 1.92. The van der Waals surface area contributed by atoms with Crippen LogP contribution in [0.15, 0.2) is 42.5 Å². The van der Waals surface area contributed by atoms with E-state index in [4.69, 9.17) is 0 Å². The molecule has 3 heteroatoms. The van der Waals surface area contributed by atoms with Gasteiger partial charge >= 0.3 is 0 Å². The first kappa shape index (κ1) is 13.0. The van der Waals surface area contributed by atoms with Crippen LogP contribution in [0.1, 0.15) is 17.5 Å². The summed E-state index contributed by atoms with van der Waals surface area (Å²) in [6.45, 7) is 4.76. The Morgan fingerprint density at radius 2 is 2.05 bits per heavy atom. The van der Waals surface area contributed by atoms with E-state index in [0.717, 1.165) is 37.2 Å².